The van der Waals surface area contributed by atoms with Gasteiger partial charge in [-0.15, -0.1) is 0 Å². The van der Waals surface area contributed by atoms with Crippen LogP contribution in [0.3, 0.4) is 0 Å². The third-order valence-corrected chi connectivity index (χ3v) is 13.0. The second-order valence-electron chi connectivity index (χ2n) is 20.5. The zero-order valence-corrected chi connectivity index (χ0v) is 50.8. The first-order valence-electron chi connectivity index (χ1n) is 32.0. The number of carbonyl (C=O) groups excluding carboxylic acids is 3. The zero-order chi connectivity index (χ0) is 57.1. The third-order valence-electron chi connectivity index (χ3n) is 13.0. The molecule has 0 bridgehead atoms. The third kappa shape index (κ3) is 63.7. The van der Waals surface area contributed by atoms with E-state index in [-0.39, 0.29) is 31.1 Å². The van der Waals surface area contributed by atoms with Crippen molar-refractivity contribution in [1.82, 2.24) is 0 Å². The number of carbonyl (C=O) groups is 3. The summed E-state index contributed by atoms with van der Waals surface area (Å²) in [5, 5.41) is 0. The summed E-state index contributed by atoms with van der Waals surface area (Å²) in [5.41, 5.74) is 0. The fraction of sp³-hybridized carbons (Fsp3) is 0.603. The molecule has 0 amide bonds. The average Bonchev–Trinajstić information content (AvgIpc) is 3.45. The molecule has 6 heteroatoms. The van der Waals surface area contributed by atoms with Crippen molar-refractivity contribution in [3.8, 4) is 0 Å². The highest BCUT2D eigenvalue weighted by molar-refractivity contribution is 5.71. The summed E-state index contributed by atoms with van der Waals surface area (Å²) in [7, 11) is 0. The van der Waals surface area contributed by atoms with Crippen LogP contribution in [-0.2, 0) is 28.6 Å². The Balaban J connectivity index is 4.40. The quantitative estimate of drug-likeness (QED) is 0.0261. The highest BCUT2D eigenvalue weighted by atomic mass is 16.6. The molecular weight excluding hydrogens is 973 g/mol. The standard InChI is InChI=1S/C73H116O6/c1-4-7-10-13-16-19-22-25-28-30-31-32-33-34-35-36-37-38-39-40-41-43-45-48-51-54-57-60-63-66-72(75)78-69-70(68-77-71(74)65-62-59-56-53-50-47-44-27-24-21-18-15-12-9-6-3)79-73(76)67-64-61-58-55-52-49-46-42-29-26-23-20-17-14-11-8-5-2/h7-12,16-21,25-29,31-32,34-35,37-38,40-41,44,70H,4-6,13-15,22-24,30,33,36,39,42-43,45-69H2,1-3H3/b10-7-,11-8-,12-9-,19-16-,20-17-,21-18-,28-25-,29-26-,32-31-,35-34-,38-37-,41-40-,44-27-. The molecule has 1 unspecified atom stereocenters. The summed E-state index contributed by atoms with van der Waals surface area (Å²) >= 11 is 0. The molecule has 1 atom stereocenters. The van der Waals surface area contributed by atoms with E-state index in [1.807, 2.05) is 0 Å². The van der Waals surface area contributed by atoms with Gasteiger partial charge in [-0.3, -0.25) is 14.4 Å². The Hall–Kier alpha value is -4.97. The number of hydrogen-bond acceptors (Lipinski definition) is 6. The average molecular weight is 1090 g/mol. The lowest BCUT2D eigenvalue weighted by molar-refractivity contribution is -0.167. The fourth-order valence-electron chi connectivity index (χ4n) is 8.33. The van der Waals surface area contributed by atoms with Crippen LogP contribution in [0.4, 0.5) is 0 Å². The minimum Gasteiger partial charge on any atom is -0.462 e. The minimum absolute atomic E-state index is 0.0999. The van der Waals surface area contributed by atoms with Crippen LogP contribution in [0, 0.1) is 0 Å². The lowest BCUT2D eigenvalue weighted by Crippen LogP contribution is -2.30. The maximum Gasteiger partial charge on any atom is 0.306 e. The van der Waals surface area contributed by atoms with Crippen LogP contribution in [0.1, 0.15) is 265 Å². The zero-order valence-electron chi connectivity index (χ0n) is 50.8. The van der Waals surface area contributed by atoms with Crippen molar-refractivity contribution in [3.63, 3.8) is 0 Å². The van der Waals surface area contributed by atoms with Crippen LogP contribution in [0.2, 0.25) is 0 Å². The van der Waals surface area contributed by atoms with Crippen LogP contribution >= 0.6 is 0 Å². The molecule has 79 heavy (non-hydrogen) atoms. The molecule has 0 radical (unpaired) electrons. The molecule has 0 aromatic heterocycles. The summed E-state index contributed by atoms with van der Waals surface area (Å²) in [4.78, 5) is 38.3. The van der Waals surface area contributed by atoms with Crippen LogP contribution < -0.4 is 0 Å². The smallest absolute Gasteiger partial charge is 0.306 e. The van der Waals surface area contributed by atoms with Crippen molar-refractivity contribution in [2.24, 2.45) is 0 Å². The van der Waals surface area contributed by atoms with Gasteiger partial charge in [0.1, 0.15) is 13.2 Å². The summed E-state index contributed by atoms with van der Waals surface area (Å²) in [6.07, 6.45) is 95.3. The van der Waals surface area contributed by atoms with Gasteiger partial charge < -0.3 is 14.2 Å². The molecule has 0 aromatic carbocycles. The highest BCUT2D eigenvalue weighted by Gasteiger charge is 2.19. The van der Waals surface area contributed by atoms with Crippen molar-refractivity contribution < 1.29 is 28.6 Å². The molecule has 0 aliphatic rings. The van der Waals surface area contributed by atoms with E-state index in [1.54, 1.807) is 0 Å². The number of rotatable bonds is 56. The van der Waals surface area contributed by atoms with Gasteiger partial charge in [0.25, 0.3) is 0 Å². The van der Waals surface area contributed by atoms with Crippen LogP contribution in [0.15, 0.2) is 158 Å². The van der Waals surface area contributed by atoms with Gasteiger partial charge >= 0.3 is 17.9 Å². The van der Waals surface area contributed by atoms with Gasteiger partial charge in [0.2, 0.25) is 0 Å². The number of allylic oxidation sites excluding steroid dienone is 26. The van der Waals surface area contributed by atoms with Crippen molar-refractivity contribution in [3.05, 3.63) is 158 Å². The molecule has 0 aliphatic heterocycles. The Kier molecular flexibility index (Phi) is 61.4. The molecular formula is C73H116O6. The maximum atomic E-state index is 12.9. The Morgan fingerprint density at radius 3 is 0.709 bits per heavy atom. The lowest BCUT2D eigenvalue weighted by atomic mass is 10.1. The van der Waals surface area contributed by atoms with E-state index in [1.165, 1.54) is 51.4 Å². The molecule has 444 valence electrons. The molecule has 0 aromatic rings. The van der Waals surface area contributed by atoms with Crippen molar-refractivity contribution >= 4 is 17.9 Å². The molecule has 6 nitrogen and oxygen atoms in total. The summed E-state index contributed by atoms with van der Waals surface area (Å²) in [6, 6.07) is 0. The minimum atomic E-state index is -0.804. The SMILES string of the molecule is CC/C=C\C/C=C\C/C=C\C/C=C\C/C=C\C/C=C\C/C=C\CCCCCCCCCC(=O)OCC(COC(=O)CCCCCCC/C=C\C/C=C\C/C=C\CC)OC(=O)CCCCCCCCC/C=C\C/C=C\C/C=C\CC. The molecule has 0 fully saturated rings. The van der Waals surface area contributed by atoms with E-state index in [2.05, 4.69) is 179 Å². The summed E-state index contributed by atoms with van der Waals surface area (Å²) in [6.45, 7) is 6.27. The molecule has 0 aliphatic carbocycles. The molecule has 0 saturated carbocycles. The van der Waals surface area contributed by atoms with Gasteiger partial charge in [-0.25, -0.2) is 0 Å². The van der Waals surface area contributed by atoms with Crippen molar-refractivity contribution in [1.29, 1.82) is 0 Å². The summed E-state index contributed by atoms with van der Waals surface area (Å²) in [5.74, 6) is -0.939. The monoisotopic (exact) mass is 1090 g/mol. The largest absolute Gasteiger partial charge is 0.462 e. The molecule has 0 saturated heterocycles. The van der Waals surface area contributed by atoms with Crippen LogP contribution in [0.5, 0.6) is 0 Å². The van der Waals surface area contributed by atoms with Gasteiger partial charge in [0, 0.05) is 19.3 Å². The highest BCUT2D eigenvalue weighted by Crippen LogP contribution is 2.14. The first-order valence-corrected chi connectivity index (χ1v) is 32.0. The van der Waals surface area contributed by atoms with Gasteiger partial charge in [-0.2, -0.15) is 0 Å². The number of hydrogen-bond donors (Lipinski definition) is 0. The van der Waals surface area contributed by atoms with E-state index in [4.69, 9.17) is 14.2 Å². The van der Waals surface area contributed by atoms with Crippen molar-refractivity contribution in [2.75, 3.05) is 13.2 Å². The van der Waals surface area contributed by atoms with E-state index >= 15 is 0 Å². The Bertz CT molecular complexity index is 1780. The second-order valence-corrected chi connectivity index (χ2v) is 20.5. The molecule has 0 spiro atoms. The van der Waals surface area contributed by atoms with E-state index in [9.17, 15) is 14.4 Å². The Morgan fingerprint density at radius 2 is 0.456 bits per heavy atom. The Labute approximate surface area is 486 Å². The molecule has 0 rings (SSSR count). The predicted molar refractivity (Wildman–Crippen MR) is 343 cm³/mol. The predicted octanol–water partition coefficient (Wildman–Crippen LogP) is 22.1. The van der Waals surface area contributed by atoms with Gasteiger partial charge in [-0.05, 0) is 141 Å². The Morgan fingerprint density at radius 1 is 0.253 bits per heavy atom. The van der Waals surface area contributed by atoms with Gasteiger partial charge in [0.05, 0.1) is 0 Å². The fourth-order valence-corrected chi connectivity index (χ4v) is 8.33. The van der Waals surface area contributed by atoms with Gasteiger partial charge in [0.15, 0.2) is 6.10 Å². The van der Waals surface area contributed by atoms with Crippen LogP contribution in [-0.4, -0.2) is 37.2 Å². The first-order chi connectivity index (χ1) is 39.0. The van der Waals surface area contributed by atoms with E-state index in [0.717, 1.165) is 173 Å². The number of esters is 3. The summed E-state index contributed by atoms with van der Waals surface area (Å²) < 4.78 is 16.9. The second kappa shape index (κ2) is 65.5. The maximum absolute atomic E-state index is 12.9. The normalized spacial score (nSPS) is 13.2. The topological polar surface area (TPSA) is 78.9 Å². The molecule has 0 heterocycles. The number of unbranched alkanes of at least 4 members (excludes halogenated alkanes) is 19. The van der Waals surface area contributed by atoms with E-state index in [0.29, 0.717) is 19.3 Å². The van der Waals surface area contributed by atoms with E-state index < -0.39 is 6.10 Å². The lowest BCUT2D eigenvalue weighted by Gasteiger charge is -2.18. The van der Waals surface area contributed by atoms with Gasteiger partial charge in [-0.1, -0.05) is 262 Å². The first kappa shape index (κ1) is 74.0. The van der Waals surface area contributed by atoms with Crippen molar-refractivity contribution in [2.45, 2.75) is 271 Å². The molecule has 0 N–H and O–H groups in total. The number of ether oxygens (including phenoxy) is 3. The van der Waals surface area contributed by atoms with Crippen LogP contribution in [0.25, 0.3) is 0 Å².